The molecular formula is C15H22N2O2. The summed E-state index contributed by atoms with van der Waals surface area (Å²) in [5.41, 5.74) is 0. The number of para-hydroxylation sites is 1. The standard InChI is InChI=1S/C15H22N2O2/c1-2-17(12-13-8-10-16-11-9-13)15(18)19-14-6-4-3-5-7-14/h3-7,13,16H,2,8-12H2,1H3. The zero-order valence-corrected chi connectivity index (χ0v) is 11.5. The summed E-state index contributed by atoms with van der Waals surface area (Å²) in [6.07, 6.45) is 2.02. The van der Waals surface area contributed by atoms with Gasteiger partial charge in [-0.15, -0.1) is 0 Å². The molecule has 1 fully saturated rings. The first kappa shape index (κ1) is 13.9. The predicted octanol–water partition coefficient (Wildman–Crippen LogP) is 2.51. The van der Waals surface area contributed by atoms with Crippen molar-refractivity contribution in [2.24, 2.45) is 5.92 Å². The molecule has 4 nitrogen and oxygen atoms in total. The number of carbonyl (C=O) groups is 1. The predicted molar refractivity (Wildman–Crippen MR) is 75.3 cm³/mol. The smallest absolute Gasteiger partial charge is 0.410 e. The maximum Gasteiger partial charge on any atom is 0.415 e. The molecule has 19 heavy (non-hydrogen) atoms. The number of piperidine rings is 1. The maximum absolute atomic E-state index is 12.1. The third kappa shape index (κ3) is 4.24. The minimum Gasteiger partial charge on any atom is -0.410 e. The van der Waals surface area contributed by atoms with E-state index in [1.165, 1.54) is 0 Å². The second kappa shape index (κ2) is 7.14. The van der Waals surface area contributed by atoms with Crippen molar-refractivity contribution in [3.05, 3.63) is 30.3 Å². The van der Waals surface area contributed by atoms with Crippen LogP contribution >= 0.6 is 0 Å². The molecule has 1 saturated heterocycles. The zero-order chi connectivity index (χ0) is 13.5. The van der Waals surface area contributed by atoms with Gasteiger partial charge in [-0.2, -0.15) is 0 Å². The lowest BCUT2D eigenvalue weighted by molar-refractivity contribution is 0.141. The van der Waals surface area contributed by atoms with Gasteiger partial charge in [-0.3, -0.25) is 0 Å². The third-order valence-corrected chi connectivity index (χ3v) is 3.53. The Hall–Kier alpha value is -1.55. The van der Waals surface area contributed by atoms with Crippen LogP contribution in [0.15, 0.2) is 30.3 Å². The molecule has 104 valence electrons. The summed E-state index contributed by atoms with van der Waals surface area (Å²) in [6, 6.07) is 9.24. The van der Waals surface area contributed by atoms with Crippen LogP contribution in [0, 0.1) is 5.92 Å². The third-order valence-electron chi connectivity index (χ3n) is 3.53. The van der Waals surface area contributed by atoms with Crippen molar-refractivity contribution in [2.45, 2.75) is 19.8 Å². The maximum atomic E-state index is 12.1. The van der Waals surface area contributed by atoms with Gasteiger partial charge in [-0.25, -0.2) is 4.79 Å². The van der Waals surface area contributed by atoms with E-state index in [1.807, 2.05) is 25.1 Å². The van der Waals surface area contributed by atoms with Crippen LogP contribution < -0.4 is 10.1 Å². The fourth-order valence-electron chi connectivity index (χ4n) is 2.36. The van der Waals surface area contributed by atoms with E-state index < -0.39 is 0 Å². The summed E-state index contributed by atoms with van der Waals surface area (Å²) in [5, 5.41) is 3.34. The number of amides is 1. The van der Waals surface area contributed by atoms with Crippen molar-refractivity contribution >= 4 is 6.09 Å². The number of nitrogens with zero attached hydrogens (tertiary/aromatic N) is 1. The molecule has 1 heterocycles. The molecule has 0 aromatic heterocycles. The van der Waals surface area contributed by atoms with Crippen molar-refractivity contribution in [3.63, 3.8) is 0 Å². The minimum atomic E-state index is -0.243. The van der Waals surface area contributed by atoms with Crippen LogP contribution in [-0.2, 0) is 0 Å². The van der Waals surface area contributed by atoms with Gasteiger partial charge in [-0.05, 0) is 50.9 Å². The van der Waals surface area contributed by atoms with Gasteiger partial charge in [0.05, 0.1) is 0 Å². The quantitative estimate of drug-likeness (QED) is 0.906. The highest BCUT2D eigenvalue weighted by molar-refractivity contribution is 5.70. The SMILES string of the molecule is CCN(CC1CCNCC1)C(=O)Oc1ccccc1. The van der Waals surface area contributed by atoms with E-state index in [1.54, 1.807) is 17.0 Å². The molecule has 1 aromatic rings. The van der Waals surface area contributed by atoms with Gasteiger partial charge in [0, 0.05) is 13.1 Å². The normalized spacial score (nSPS) is 16.1. The van der Waals surface area contributed by atoms with E-state index in [0.717, 1.165) is 32.5 Å². The van der Waals surface area contributed by atoms with E-state index in [-0.39, 0.29) is 6.09 Å². The number of hydrogen-bond acceptors (Lipinski definition) is 3. The van der Waals surface area contributed by atoms with E-state index in [2.05, 4.69) is 5.32 Å². The molecule has 1 amide bonds. The number of carbonyl (C=O) groups excluding carboxylic acids is 1. The summed E-state index contributed by atoms with van der Waals surface area (Å²) in [4.78, 5) is 13.9. The van der Waals surface area contributed by atoms with Crippen molar-refractivity contribution < 1.29 is 9.53 Å². The number of benzene rings is 1. The second-order valence-electron chi connectivity index (χ2n) is 4.91. The molecule has 0 saturated carbocycles. The summed E-state index contributed by atoms with van der Waals surface area (Å²) in [6.45, 7) is 5.58. The van der Waals surface area contributed by atoms with Gasteiger partial charge < -0.3 is 15.0 Å². The molecule has 0 atom stereocenters. The van der Waals surface area contributed by atoms with Crippen LogP contribution in [0.4, 0.5) is 4.79 Å². The topological polar surface area (TPSA) is 41.6 Å². The number of nitrogens with one attached hydrogen (secondary N) is 1. The number of ether oxygens (including phenoxy) is 1. The number of rotatable bonds is 4. The Balaban J connectivity index is 1.87. The monoisotopic (exact) mass is 262 g/mol. The number of hydrogen-bond donors (Lipinski definition) is 1. The Morgan fingerprint density at radius 1 is 1.32 bits per heavy atom. The van der Waals surface area contributed by atoms with Gasteiger partial charge in [0.15, 0.2) is 0 Å². The highest BCUT2D eigenvalue weighted by Crippen LogP contribution is 2.15. The second-order valence-corrected chi connectivity index (χ2v) is 4.91. The molecule has 1 N–H and O–H groups in total. The van der Waals surface area contributed by atoms with E-state index in [4.69, 9.17) is 4.74 Å². The zero-order valence-electron chi connectivity index (χ0n) is 11.5. The fraction of sp³-hybridized carbons (Fsp3) is 0.533. The van der Waals surface area contributed by atoms with E-state index in [0.29, 0.717) is 18.2 Å². The molecule has 0 unspecified atom stereocenters. The van der Waals surface area contributed by atoms with Crippen LogP contribution in [0.2, 0.25) is 0 Å². The van der Waals surface area contributed by atoms with Crippen LogP contribution in [0.1, 0.15) is 19.8 Å². The molecule has 1 aromatic carbocycles. The summed E-state index contributed by atoms with van der Waals surface area (Å²) >= 11 is 0. The largest absolute Gasteiger partial charge is 0.415 e. The first-order valence-corrected chi connectivity index (χ1v) is 7.02. The fourth-order valence-corrected chi connectivity index (χ4v) is 2.36. The lowest BCUT2D eigenvalue weighted by Crippen LogP contribution is -2.40. The van der Waals surface area contributed by atoms with Crippen molar-refractivity contribution in [1.29, 1.82) is 0 Å². The molecule has 1 aliphatic heterocycles. The molecule has 0 aliphatic carbocycles. The van der Waals surface area contributed by atoms with Crippen molar-refractivity contribution in [2.75, 3.05) is 26.2 Å². The van der Waals surface area contributed by atoms with Crippen LogP contribution in [0.25, 0.3) is 0 Å². The van der Waals surface area contributed by atoms with Crippen molar-refractivity contribution in [3.8, 4) is 5.75 Å². The van der Waals surface area contributed by atoms with Crippen LogP contribution in [0.3, 0.4) is 0 Å². The first-order chi connectivity index (χ1) is 9.29. The van der Waals surface area contributed by atoms with Crippen LogP contribution in [0.5, 0.6) is 5.75 Å². The van der Waals surface area contributed by atoms with Gasteiger partial charge in [0.1, 0.15) is 5.75 Å². The van der Waals surface area contributed by atoms with E-state index in [9.17, 15) is 4.79 Å². The van der Waals surface area contributed by atoms with Crippen molar-refractivity contribution in [1.82, 2.24) is 10.2 Å². The Morgan fingerprint density at radius 3 is 2.63 bits per heavy atom. The molecule has 0 spiro atoms. The Labute approximate surface area is 114 Å². The molecular weight excluding hydrogens is 240 g/mol. The Kier molecular flexibility index (Phi) is 5.21. The molecule has 2 rings (SSSR count). The van der Waals surface area contributed by atoms with Gasteiger partial charge in [-0.1, -0.05) is 18.2 Å². The van der Waals surface area contributed by atoms with Crippen LogP contribution in [-0.4, -0.2) is 37.2 Å². The van der Waals surface area contributed by atoms with Gasteiger partial charge in [0.25, 0.3) is 0 Å². The van der Waals surface area contributed by atoms with E-state index >= 15 is 0 Å². The van der Waals surface area contributed by atoms with Gasteiger partial charge >= 0.3 is 6.09 Å². The Bertz CT molecular complexity index is 388. The summed E-state index contributed by atoms with van der Waals surface area (Å²) < 4.78 is 5.38. The summed E-state index contributed by atoms with van der Waals surface area (Å²) in [7, 11) is 0. The highest BCUT2D eigenvalue weighted by Gasteiger charge is 2.20. The summed E-state index contributed by atoms with van der Waals surface area (Å²) in [5.74, 6) is 1.20. The lowest BCUT2D eigenvalue weighted by Gasteiger charge is -2.28. The molecule has 4 heteroatoms. The molecule has 0 bridgehead atoms. The molecule has 0 radical (unpaired) electrons. The molecule has 1 aliphatic rings. The average Bonchev–Trinajstić information content (AvgIpc) is 2.47. The van der Waals surface area contributed by atoms with Gasteiger partial charge in [0.2, 0.25) is 0 Å². The average molecular weight is 262 g/mol. The lowest BCUT2D eigenvalue weighted by atomic mass is 9.98. The Morgan fingerprint density at radius 2 is 2.00 bits per heavy atom. The highest BCUT2D eigenvalue weighted by atomic mass is 16.6. The minimum absolute atomic E-state index is 0.243. The first-order valence-electron chi connectivity index (χ1n) is 7.02.